The highest BCUT2D eigenvalue weighted by molar-refractivity contribution is 5.91. The first-order valence-electron chi connectivity index (χ1n) is 13.6. The van der Waals surface area contributed by atoms with Gasteiger partial charge in [-0.1, -0.05) is 0 Å². The Kier molecular flexibility index (Phi) is 4.24. The van der Waals surface area contributed by atoms with E-state index < -0.39 is 0 Å². The summed E-state index contributed by atoms with van der Waals surface area (Å²) in [6.07, 6.45) is 3.27. The number of hydrogen-bond donors (Lipinski definition) is 0. The molecule has 6 aliphatic carbocycles. The maximum atomic E-state index is 9.51. The molecule has 42 heavy (non-hydrogen) atoms. The highest BCUT2D eigenvalue weighted by Crippen LogP contribution is 2.52. The maximum Gasteiger partial charge on any atom is 0.177 e. The SMILES string of the molecule is N#Cc1nc2c(nc1C#N)C1CCC2c2nc3cc4nc5c(nc4cc3nc21)C1CCC5c2nc(C#N)c(C#N)nc21. The van der Waals surface area contributed by atoms with Crippen LogP contribution in [0.2, 0.25) is 0 Å². The van der Waals surface area contributed by atoms with Crippen LogP contribution in [0, 0.1) is 45.3 Å². The van der Waals surface area contributed by atoms with E-state index in [2.05, 4.69) is 19.9 Å². The predicted octanol–water partition coefficient (Wildman–Crippen LogP) is 3.38. The topological polar surface area (TPSA) is 198 Å². The summed E-state index contributed by atoms with van der Waals surface area (Å²) in [5.41, 5.74) is 9.11. The van der Waals surface area contributed by atoms with Gasteiger partial charge >= 0.3 is 0 Å². The van der Waals surface area contributed by atoms with Gasteiger partial charge in [0, 0.05) is 23.7 Å². The van der Waals surface area contributed by atoms with Crippen molar-refractivity contribution in [3.05, 3.63) is 80.5 Å². The van der Waals surface area contributed by atoms with Gasteiger partial charge in [0.2, 0.25) is 0 Å². The molecule has 12 heteroatoms. The van der Waals surface area contributed by atoms with Crippen molar-refractivity contribution in [2.45, 2.75) is 49.4 Å². The molecule has 6 aliphatic rings. The fourth-order valence-corrected chi connectivity index (χ4v) is 7.23. The van der Waals surface area contributed by atoms with Crippen LogP contribution in [-0.4, -0.2) is 39.9 Å². The van der Waals surface area contributed by atoms with Gasteiger partial charge in [-0.2, -0.15) is 21.0 Å². The first kappa shape index (κ1) is 22.8. The van der Waals surface area contributed by atoms with Crippen LogP contribution in [0.15, 0.2) is 12.1 Å². The first-order chi connectivity index (χ1) is 20.6. The molecular formula is C30H14N12. The van der Waals surface area contributed by atoms with Gasteiger partial charge in [0.25, 0.3) is 0 Å². The summed E-state index contributed by atoms with van der Waals surface area (Å²) < 4.78 is 0. The smallest absolute Gasteiger partial charge is 0.177 e. The first-order valence-corrected chi connectivity index (χ1v) is 13.6. The molecule has 1 aromatic carbocycles. The Morgan fingerprint density at radius 2 is 0.595 bits per heavy atom. The monoisotopic (exact) mass is 542 g/mol. The Hall–Kier alpha value is -5.98. The lowest BCUT2D eigenvalue weighted by Gasteiger charge is -2.37. The summed E-state index contributed by atoms with van der Waals surface area (Å²) in [6.45, 7) is 0. The van der Waals surface area contributed by atoms with Gasteiger partial charge in [0.05, 0.1) is 67.6 Å². The van der Waals surface area contributed by atoms with Crippen LogP contribution in [0.5, 0.6) is 0 Å². The molecule has 0 fully saturated rings. The average molecular weight is 543 g/mol. The van der Waals surface area contributed by atoms with Crippen LogP contribution >= 0.6 is 0 Å². The lowest BCUT2D eigenvalue weighted by Crippen LogP contribution is -2.30. The predicted molar refractivity (Wildman–Crippen MR) is 141 cm³/mol. The second-order valence-corrected chi connectivity index (χ2v) is 11.0. The van der Waals surface area contributed by atoms with Crippen LogP contribution in [0.3, 0.4) is 0 Å². The Labute approximate surface area is 237 Å². The van der Waals surface area contributed by atoms with Gasteiger partial charge in [-0.25, -0.2) is 39.9 Å². The summed E-state index contributed by atoms with van der Waals surface area (Å²) in [5.74, 6) is -0.581. The lowest BCUT2D eigenvalue weighted by atomic mass is 9.71. The molecule has 12 nitrogen and oxygen atoms in total. The van der Waals surface area contributed by atoms with Gasteiger partial charge in [0.1, 0.15) is 24.3 Å². The van der Waals surface area contributed by atoms with Crippen molar-refractivity contribution in [1.82, 2.24) is 39.9 Å². The quantitative estimate of drug-likeness (QED) is 0.259. The van der Waals surface area contributed by atoms with Gasteiger partial charge < -0.3 is 0 Å². The average Bonchev–Trinajstić information content (AvgIpc) is 3.04. The summed E-state index contributed by atoms with van der Waals surface area (Å²) >= 11 is 0. The zero-order valence-electron chi connectivity index (χ0n) is 21.7. The third kappa shape index (κ3) is 2.76. The minimum Gasteiger partial charge on any atom is -0.248 e. The van der Waals surface area contributed by atoms with Gasteiger partial charge in [-0.15, -0.1) is 0 Å². The van der Waals surface area contributed by atoms with Crippen LogP contribution in [0.25, 0.3) is 22.1 Å². The highest BCUT2D eigenvalue weighted by atomic mass is 15.0. The molecule has 0 N–H and O–H groups in total. The molecule has 0 saturated carbocycles. The van der Waals surface area contributed by atoms with Crippen molar-refractivity contribution < 1.29 is 0 Å². The molecule has 0 aliphatic heterocycles. The fraction of sp³-hybridized carbons (Fsp3) is 0.267. The van der Waals surface area contributed by atoms with E-state index in [0.29, 0.717) is 44.8 Å². The number of fused-ring (bicyclic) bond motifs is 4. The minimum absolute atomic E-state index is 0.0384. The molecule has 0 spiro atoms. The van der Waals surface area contributed by atoms with Gasteiger partial charge in [0.15, 0.2) is 22.8 Å². The van der Waals surface area contributed by atoms with E-state index in [1.807, 2.05) is 36.4 Å². The minimum atomic E-state index is -0.145. The Bertz CT molecular complexity index is 1980. The van der Waals surface area contributed by atoms with E-state index in [4.69, 9.17) is 19.9 Å². The van der Waals surface area contributed by atoms with Crippen molar-refractivity contribution in [2.24, 2.45) is 0 Å². The fourth-order valence-electron chi connectivity index (χ4n) is 7.23. The van der Waals surface area contributed by atoms with Crippen molar-refractivity contribution in [1.29, 1.82) is 21.0 Å². The number of aromatic nitrogens is 8. The van der Waals surface area contributed by atoms with E-state index in [0.717, 1.165) is 48.5 Å². The molecule has 0 radical (unpaired) electrons. The molecule has 11 rings (SSSR count). The zero-order valence-corrected chi connectivity index (χ0v) is 21.7. The van der Waals surface area contributed by atoms with E-state index in [-0.39, 0.29) is 46.4 Å². The van der Waals surface area contributed by atoms with E-state index in [1.165, 1.54) is 0 Å². The summed E-state index contributed by atoms with van der Waals surface area (Å²) in [7, 11) is 0. The second kappa shape index (κ2) is 7.81. The van der Waals surface area contributed by atoms with Crippen molar-refractivity contribution in [3.8, 4) is 24.3 Å². The maximum absolute atomic E-state index is 9.51. The molecule has 194 valence electrons. The molecule has 4 atom stereocenters. The molecule has 0 amide bonds. The molecular weight excluding hydrogens is 528 g/mol. The van der Waals surface area contributed by atoms with Crippen LogP contribution < -0.4 is 0 Å². The highest BCUT2D eigenvalue weighted by Gasteiger charge is 2.44. The number of rotatable bonds is 0. The summed E-state index contributed by atoms with van der Waals surface area (Å²) in [6, 6.07) is 11.8. The Balaban J connectivity index is 1.21. The van der Waals surface area contributed by atoms with Gasteiger partial charge in [-0.3, -0.25) is 0 Å². The van der Waals surface area contributed by atoms with Gasteiger partial charge in [-0.05, 0) is 37.8 Å². The summed E-state index contributed by atoms with van der Waals surface area (Å²) in [5, 5.41) is 38.0. The Morgan fingerprint density at radius 3 is 0.810 bits per heavy atom. The largest absolute Gasteiger partial charge is 0.248 e. The number of nitrogens with zero attached hydrogens (tertiary/aromatic N) is 12. The normalized spacial score (nSPS) is 21.8. The zero-order chi connectivity index (χ0) is 28.3. The second-order valence-electron chi connectivity index (χ2n) is 11.0. The number of benzene rings is 1. The third-order valence-corrected chi connectivity index (χ3v) is 9.01. The van der Waals surface area contributed by atoms with Crippen LogP contribution in [0.4, 0.5) is 0 Å². The number of nitriles is 4. The molecule has 4 unspecified atom stereocenters. The Morgan fingerprint density at radius 1 is 0.381 bits per heavy atom. The third-order valence-electron chi connectivity index (χ3n) is 9.01. The van der Waals surface area contributed by atoms with Crippen molar-refractivity contribution in [3.63, 3.8) is 0 Å². The molecule has 5 aromatic rings. The molecule has 0 saturated heterocycles. The van der Waals surface area contributed by atoms with E-state index in [9.17, 15) is 21.0 Å². The molecule has 4 heterocycles. The van der Waals surface area contributed by atoms with Crippen LogP contribution in [-0.2, 0) is 0 Å². The summed E-state index contributed by atoms with van der Waals surface area (Å²) in [4.78, 5) is 38.4. The lowest BCUT2D eigenvalue weighted by molar-refractivity contribution is 0.473. The number of hydrogen-bond acceptors (Lipinski definition) is 12. The van der Waals surface area contributed by atoms with Crippen LogP contribution in [0.1, 0.15) is 118 Å². The van der Waals surface area contributed by atoms with Crippen molar-refractivity contribution in [2.75, 3.05) is 0 Å². The molecule has 4 bridgehead atoms. The van der Waals surface area contributed by atoms with E-state index >= 15 is 0 Å². The standard InChI is InChI=1S/C30H14N12/c31-7-19-20(8-32)40-28-12-2-1-11(27(28)39-19)23-24(12)36-16-6-18-17(5-15(16)35-23)37-25-13-3-4-14(26(25)38-18)30-29(13)41-21(9-33)22(10-34)42-30/h5-6,11-14H,1-4H2. The van der Waals surface area contributed by atoms with Crippen molar-refractivity contribution >= 4 is 22.1 Å². The van der Waals surface area contributed by atoms with E-state index in [1.54, 1.807) is 0 Å². The molecule has 4 aromatic heterocycles.